The minimum Gasteiger partial charge on any atom is -0.392 e. The van der Waals surface area contributed by atoms with E-state index in [1.807, 2.05) is 66.7 Å². The van der Waals surface area contributed by atoms with E-state index < -0.39 is 6.29 Å². The van der Waals surface area contributed by atoms with E-state index in [1.54, 1.807) is 11.8 Å². The van der Waals surface area contributed by atoms with Crippen LogP contribution in [-0.2, 0) is 20.9 Å². The van der Waals surface area contributed by atoms with Gasteiger partial charge in [0, 0.05) is 35.2 Å². The Labute approximate surface area is 192 Å². The second kappa shape index (κ2) is 10.8. The maximum atomic E-state index is 11.5. The molecule has 4 rings (SSSR count). The number of amides is 1. The fourth-order valence-corrected chi connectivity index (χ4v) is 4.64. The van der Waals surface area contributed by atoms with Gasteiger partial charge in [-0.3, -0.25) is 4.79 Å². The van der Waals surface area contributed by atoms with E-state index in [0.29, 0.717) is 5.69 Å². The van der Waals surface area contributed by atoms with Crippen molar-refractivity contribution in [3.8, 4) is 0 Å². The molecule has 0 aromatic heterocycles. The number of carbonyl (C=O) groups is 1. The van der Waals surface area contributed by atoms with Gasteiger partial charge >= 0.3 is 0 Å². The number of thioether (sulfide) groups is 1. The highest BCUT2D eigenvalue weighted by Crippen LogP contribution is 2.39. The first kappa shape index (κ1) is 22.6. The third-order valence-corrected chi connectivity index (χ3v) is 6.42. The predicted molar refractivity (Wildman–Crippen MR) is 126 cm³/mol. The van der Waals surface area contributed by atoms with Gasteiger partial charge in [-0.2, -0.15) is 0 Å². The third kappa shape index (κ3) is 5.99. The molecule has 1 saturated heterocycles. The lowest BCUT2D eigenvalue weighted by molar-refractivity contribution is -0.245. The number of anilines is 1. The lowest BCUT2D eigenvalue weighted by atomic mass is 10.0. The zero-order valence-corrected chi connectivity index (χ0v) is 18.8. The van der Waals surface area contributed by atoms with Crippen LogP contribution in [0, 0.1) is 0 Å². The van der Waals surface area contributed by atoms with Crippen molar-refractivity contribution < 1.29 is 19.4 Å². The van der Waals surface area contributed by atoms with Crippen LogP contribution in [0.5, 0.6) is 0 Å². The Kier molecular flexibility index (Phi) is 7.60. The molecule has 3 atom stereocenters. The maximum absolute atomic E-state index is 11.5. The maximum Gasteiger partial charge on any atom is 0.221 e. The first-order valence-corrected chi connectivity index (χ1v) is 11.7. The van der Waals surface area contributed by atoms with Crippen molar-refractivity contribution in [3.63, 3.8) is 0 Å². The van der Waals surface area contributed by atoms with Crippen LogP contribution in [0.4, 0.5) is 5.69 Å². The van der Waals surface area contributed by atoms with E-state index in [-0.39, 0.29) is 24.7 Å². The summed E-state index contributed by atoms with van der Waals surface area (Å²) in [7, 11) is 0. The molecule has 0 saturated carbocycles. The van der Waals surface area contributed by atoms with Gasteiger partial charge in [0.05, 0.1) is 18.8 Å². The van der Waals surface area contributed by atoms with Gasteiger partial charge in [0.25, 0.3) is 0 Å². The van der Waals surface area contributed by atoms with Crippen molar-refractivity contribution in [2.24, 2.45) is 0 Å². The zero-order chi connectivity index (χ0) is 22.3. The van der Waals surface area contributed by atoms with Crippen molar-refractivity contribution in [3.05, 3.63) is 95.6 Å². The van der Waals surface area contributed by atoms with Crippen LogP contribution in [0.25, 0.3) is 0 Å². The van der Waals surface area contributed by atoms with Crippen molar-refractivity contribution in [1.29, 1.82) is 0 Å². The van der Waals surface area contributed by atoms with Crippen molar-refractivity contribution in [2.75, 3.05) is 11.1 Å². The van der Waals surface area contributed by atoms with E-state index >= 15 is 0 Å². The van der Waals surface area contributed by atoms with Gasteiger partial charge in [-0.25, -0.2) is 0 Å². The van der Waals surface area contributed by atoms with Crippen LogP contribution in [0.1, 0.15) is 42.4 Å². The Morgan fingerprint density at radius 1 is 1.00 bits per heavy atom. The minimum absolute atomic E-state index is 0.00843. The average molecular weight is 450 g/mol. The minimum atomic E-state index is -0.540. The quantitative estimate of drug-likeness (QED) is 0.468. The summed E-state index contributed by atoms with van der Waals surface area (Å²) in [6.07, 6.45) is 0.0553. The number of aliphatic hydroxyl groups is 1. The van der Waals surface area contributed by atoms with Crippen molar-refractivity contribution >= 4 is 23.4 Å². The Balaban J connectivity index is 1.55. The Morgan fingerprint density at radius 3 is 2.50 bits per heavy atom. The van der Waals surface area contributed by atoms with E-state index in [0.717, 1.165) is 28.9 Å². The number of hydrogen-bond donors (Lipinski definition) is 2. The molecule has 3 aromatic rings. The summed E-state index contributed by atoms with van der Waals surface area (Å²) >= 11 is 1.77. The molecule has 2 N–H and O–H groups in total. The number of rotatable bonds is 7. The summed E-state index contributed by atoms with van der Waals surface area (Å²) in [6, 6.07) is 25.7. The molecule has 0 unspecified atom stereocenters. The normalized spacial score (nSPS) is 20.6. The second-order valence-electron chi connectivity index (χ2n) is 7.78. The molecular formula is C26H27NO4S. The second-order valence-corrected chi connectivity index (χ2v) is 8.87. The number of nitrogens with one attached hydrogen (secondary N) is 1. The highest BCUT2D eigenvalue weighted by molar-refractivity contribution is 7.99. The largest absolute Gasteiger partial charge is 0.392 e. The molecule has 0 spiro atoms. The smallest absolute Gasteiger partial charge is 0.221 e. The third-order valence-electron chi connectivity index (χ3n) is 5.27. The van der Waals surface area contributed by atoms with Crippen molar-refractivity contribution in [1.82, 2.24) is 0 Å². The van der Waals surface area contributed by atoms with Gasteiger partial charge in [0.2, 0.25) is 5.91 Å². The molecule has 32 heavy (non-hydrogen) atoms. The number of benzene rings is 3. The fraction of sp³-hybridized carbons (Fsp3) is 0.269. The summed E-state index contributed by atoms with van der Waals surface area (Å²) in [6.45, 7) is 1.51. The highest BCUT2D eigenvalue weighted by atomic mass is 32.2. The molecule has 0 bridgehead atoms. The molecule has 6 heteroatoms. The number of ether oxygens (including phenoxy) is 2. The zero-order valence-electron chi connectivity index (χ0n) is 17.9. The van der Waals surface area contributed by atoms with Gasteiger partial charge in [-0.05, 0) is 35.4 Å². The van der Waals surface area contributed by atoms with Crippen LogP contribution in [0.2, 0.25) is 0 Å². The van der Waals surface area contributed by atoms with Crippen LogP contribution in [-0.4, -0.2) is 22.9 Å². The molecule has 1 aliphatic heterocycles. The lowest BCUT2D eigenvalue weighted by Gasteiger charge is -2.36. The summed E-state index contributed by atoms with van der Waals surface area (Å²) in [4.78, 5) is 12.7. The Morgan fingerprint density at radius 2 is 1.78 bits per heavy atom. The van der Waals surface area contributed by atoms with Crippen LogP contribution in [0.15, 0.2) is 83.8 Å². The summed E-state index contributed by atoms with van der Waals surface area (Å²) < 4.78 is 12.7. The molecular weight excluding hydrogens is 422 g/mol. The summed E-state index contributed by atoms with van der Waals surface area (Å²) in [5.74, 6) is 0.687. The monoisotopic (exact) mass is 449 g/mol. The summed E-state index contributed by atoms with van der Waals surface area (Å²) in [5.41, 5.74) is 3.51. The van der Waals surface area contributed by atoms with Gasteiger partial charge < -0.3 is 19.9 Å². The first-order chi connectivity index (χ1) is 15.6. The van der Waals surface area contributed by atoms with Gasteiger partial charge in [0.1, 0.15) is 0 Å². The number of hydrogen-bond acceptors (Lipinski definition) is 5. The van der Waals surface area contributed by atoms with Crippen molar-refractivity contribution in [2.45, 2.75) is 43.3 Å². The fourth-order valence-electron chi connectivity index (χ4n) is 3.69. The standard InChI is InChI=1S/C26H27NO4S/c1-18(29)27-22-7-5-6-21(14-22)26-30-23(17-32-24-8-3-2-4-9-24)15-25(31-26)20-12-10-19(16-28)11-13-20/h2-14,23,25-26,28H,15-17H2,1H3,(H,27,29)/t23-,25+,26+/m1/s1. The average Bonchev–Trinajstić information content (AvgIpc) is 2.83. The molecule has 166 valence electrons. The first-order valence-electron chi connectivity index (χ1n) is 10.7. The molecule has 1 aliphatic rings. The molecule has 1 amide bonds. The molecule has 1 heterocycles. The molecule has 0 radical (unpaired) electrons. The van der Waals surface area contributed by atoms with Crippen LogP contribution >= 0.6 is 11.8 Å². The number of aliphatic hydroxyl groups excluding tert-OH is 1. The molecule has 5 nitrogen and oxygen atoms in total. The molecule has 3 aromatic carbocycles. The van der Waals surface area contributed by atoms with E-state index in [9.17, 15) is 9.90 Å². The van der Waals surface area contributed by atoms with Crippen LogP contribution < -0.4 is 5.32 Å². The SMILES string of the molecule is CC(=O)Nc1cccc([C@H]2O[C@@H](CSc3ccccc3)C[C@@H](c3ccc(CO)cc3)O2)c1. The highest BCUT2D eigenvalue weighted by Gasteiger charge is 2.32. The summed E-state index contributed by atoms with van der Waals surface area (Å²) in [5, 5.41) is 12.2. The van der Waals surface area contributed by atoms with E-state index in [1.165, 1.54) is 11.8 Å². The van der Waals surface area contributed by atoms with Gasteiger partial charge in [0.15, 0.2) is 6.29 Å². The number of carbonyl (C=O) groups excluding carboxylic acids is 1. The molecule has 1 fully saturated rings. The lowest BCUT2D eigenvalue weighted by Crippen LogP contribution is -2.31. The van der Waals surface area contributed by atoms with E-state index in [2.05, 4.69) is 17.4 Å². The van der Waals surface area contributed by atoms with Gasteiger partial charge in [-0.15, -0.1) is 11.8 Å². The predicted octanol–water partition coefficient (Wildman–Crippen LogP) is 5.48. The molecule has 0 aliphatic carbocycles. The topological polar surface area (TPSA) is 67.8 Å². The Bertz CT molecular complexity index is 1030. The van der Waals surface area contributed by atoms with Crippen LogP contribution in [0.3, 0.4) is 0 Å². The van der Waals surface area contributed by atoms with Gasteiger partial charge in [-0.1, -0.05) is 54.6 Å². The van der Waals surface area contributed by atoms with E-state index in [4.69, 9.17) is 9.47 Å². The Hall–Kier alpha value is -2.64.